The van der Waals surface area contributed by atoms with Crippen LogP contribution in [0.2, 0.25) is 0 Å². The van der Waals surface area contributed by atoms with Crippen LogP contribution in [0.25, 0.3) is 0 Å². The molecule has 1 radical (unpaired) electrons. The number of aryl methyl sites for hydroxylation is 1. The first kappa shape index (κ1) is 10.1. The maximum Gasteiger partial charge on any atom is 0.139 e. The van der Waals surface area contributed by atoms with Crippen LogP contribution >= 0.6 is 0 Å². The smallest absolute Gasteiger partial charge is 0.139 e. The van der Waals surface area contributed by atoms with Crippen LogP contribution < -0.4 is 0 Å². The van der Waals surface area contributed by atoms with Gasteiger partial charge in [-0.15, -0.1) is 0 Å². The first-order valence-electron chi connectivity index (χ1n) is 4.00. The molecule has 0 amide bonds. The van der Waals surface area contributed by atoms with Crippen LogP contribution in [0.5, 0.6) is 0 Å². The van der Waals surface area contributed by atoms with E-state index in [4.69, 9.17) is 0 Å². The molecule has 1 aromatic heterocycles. The largest absolute Gasteiger partial charge is 0.380 e. The molecule has 0 aliphatic heterocycles. The van der Waals surface area contributed by atoms with Gasteiger partial charge in [0.05, 0.1) is 17.6 Å². The molecule has 1 atom stereocenters. The van der Waals surface area contributed by atoms with Crippen LogP contribution in [0, 0.1) is 13.3 Å². The Morgan fingerprint density at radius 1 is 1.62 bits per heavy atom. The second kappa shape index (κ2) is 3.79. The number of halogens is 1. The van der Waals surface area contributed by atoms with E-state index in [-0.39, 0.29) is 5.69 Å². The van der Waals surface area contributed by atoms with Gasteiger partial charge in [-0.3, -0.25) is 9.97 Å². The van der Waals surface area contributed by atoms with Crippen molar-refractivity contribution in [1.29, 1.82) is 0 Å². The maximum atomic E-state index is 12.5. The quantitative estimate of drug-likeness (QED) is 0.765. The van der Waals surface area contributed by atoms with Crippen molar-refractivity contribution in [2.45, 2.75) is 19.4 Å². The molecule has 0 bridgehead atoms. The van der Waals surface area contributed by atoms with Gasteiger partial charge in [-0.05, 0) is 13.3 Å². The summed E-state index contributed by atoms with van der Waals surface area (Å²) in [4.78, 5) is 7.84. The molecule has 0 saturated carbocycles. The van der Waals surface area contributed by atoms with Gasteiger partial charge in [0, 0.05) is 6.20 Å². The van der Waals surface area contributed by atoms with E-state index in [9.17, 15) is 9.50 Å². The summed E-state index contributed by atoms with van der Waals surface area (Å²) in [6.45, 7) is 2.44. The van der Waals surface area contributed by atoms with E-state index in [2.05, 4.69) is 9.97 Å². The number of hydrogen-bond acceptors (Lipinski definition) is 3. The van der Waals surface area contributed by atoms with Gasteiger partial charge >= 0.3 is 0 Å². The van der Waals surface area contributed by atoms with Crippen molar-refractivity contribution in [3.05, 3.63) is 30.2 Å². The summed E-state index contributed by atoms with van der Waals surface area (Å²) < 4.78 is 12.5. The van der Waals surface area contributed by atoms with Crippen LogP contribution in [0.1, 0.15) is 18.3 Å². The van der Waals surface area contributed by atoms with Gasteiger partial charge in [0.2, 0.25) is 0 Å². The number of aliphatic hydroxyl groups is 1. The Kier molecular flexibility index (Phi) is 2.93. The molecule has 1 N–H and O–H groups in total. The van der Waals surface area contributed by atoms with Crippen molar-refractivity contribution in [2.75, 3.05) is 6.67 Å². The minimum absolute atomic E-state index is 0.248. The van der Waals surface area contributed by atoms with Crippen LogP contribution in [0.15, 0.2) is 12.4 Å². The Hall–Kier alpha value is -1.03. The lowest BCUT2D eigenvalue weighted by Gasteiger charge is -2.21. The fraction of sp³-hybridized carbons (Fsp3) is 0.444. The zero-order valence-corrected chi connectivity index (χ0v) is 7.66. The molecule has 71 valence electrons. The zero-order chi connectivity index (χ0) is 9.90. The normalized spacial score (nSPS) is 15.4. The second-order valence-corrected chi connectivity index (χ2v) is 2.89. The number of nitrogens with zero attached hydrogens (tertiary/aromatic N) is 2. The first-order chi connectivity index (χ1) is 6.12. The van der Waals surface area contributed by atoms with E-state index in [0.717, 1.165) is 0 Å². The number of rotatable bonds is 3. The highest BCUT2D eigenvalue weighted by molar-refractivity contribution is 5.15. The highest BCUT2D eigenvalue weighted by Gasteiger charge is 2.29. The van der Waals surface area contributed by atoms with Crippen molar-refractivity contribution >= 4 is 0 Å². The molecule has 0 fully saturated rings. The Balaban J connectivity index is 3.05. The van der Waals surface area contributed by atoms with E-state index >= 15 is 0 Å². The molecule has 0 aliphatic rings. The summed E-state index contributed by atoms with van der Waals surface area (Å²) in [7, 11) is 0. The van der Waals surface area contributed by atoms with E-state index in [1.807, 2.05) is 0 Å². The lowest BCUT2D eigenvalue weighted by Crippen LogP contribution is -2.29. The molecule has 1 heterocycles. The van der Waals surface area contributed by atoms with Crippen LogP contribution in [-0.4, -0.2) is 21.7 Å². The Labute approximate surface area is 76.7 Å². The highest BCUT2D eigenvalue weighted by atomic mass is 19.1. The van der Waals surface area contributed by atoms with Crippen LogP contribution in [0.4, 0.5) is 4.39 Å². The van der Waals surface area contributed by atoms with Crippen LogP contribution in [0.3, 0.4) is 0 Å². The van der Waals surface area contributed by atoms with E-state index in [0.29, 0.717) is 5.69 Å². The maximum absolute atomic E-state index is 12.5. The molecule has 1 rings (SSSR count). The molecular weight excluding hydrogens is 171 g/mol. The van der Waals surface area contributed by atoms with Crippen molar-refractivity contribution in [3.8, 4) is 0 Å². The second-order valence-electron chi connectivity index (χ2n) is 2.89. The molecule has 0 aliphatic carbocycles. The molecule has 0 spiro atoms. The first-order valence-corrected chi connectivity index (χ1v) is 4.00. The molecule has 3 nitrogen and oxygen atoms in total. The topological polar surface area (TPSA) is 46.0 Å². The van der Waals surface area contributed by atoms with Crippen LogP contribution in [-0.2, 0) is 5.60 Å². The minimum atomic E-state index is -1.60. The highest BCUT2D eigenvalue weighted by Crippen LogP contribution is 2.21. The molecular formula is C9H12FN2O. The van der Waals surface area contributed by atoms with Gasteiger partial charge in [0.25, 0.3) is 0 Å². The number of aromatic nitrogens is 2. The van der Waals surface area contributed by atoms with Crippen molar-refractivity contribution in [3.63, 3.8) is 0 Å². The number of hydrogen-bond donors (Lipinski definition) is 1. The molecule has 4 heteroatoms. The summed E-state index contributed by atoms with van der Waals surface area (Å²) >= 11 is 0. The SMILES string of the molecule is C[CH]C(O)(CF)c1cncc(C)n1. The van der Waals surface area contributed by atoms with Gasteiger partial charge in [0.1, 0.15) is 12.3 Å². The molecule has 0 aromatic carbocycles. The van der Waals surface area contributed by atoms with Gasteiger partial charge in [-0.1, -0.05) is 6.92 Å². The molecule has 1 unspecified atom stereocenters. The number of alkyl halides is 1. The summed E-state index contributed by atoms with van der Waals surface area (Å²) in [5.74, 6) is 0. The van der Waals surface area contributed by atoms with E-state index in [1.165, 1.54) is 12.6 Å². The summed E-state index contributed by atoms with van der Waals surface area (Å²) in [5, 5.41) is 9.69. The lowest BCUT2D eigenvalue weighted by atomic mass is 9.99. The minimum Gasteiger partial charge on any atom is -0.380 e. The molecule has 13 heavy (non-hydrogen) atoms. The van der Waals surface area contributed by atoms with Gasteiger partial charge in [-0.25, -0.2) is 4.39 Å². The molecule has 1 aromatic rings. The average Bonchev–Trinajstić information content (AvgIpc) is 2.17. The summed E-state index contributed by atoms with van der Waals surface area (Å²) in [6, 6.07) is 0. The monoisotopic (exact) mass is 183 g/mol. The van der Waals surface area contributed by atoms with Crippen molar-refractivity contribution in [2.24, 2.45) is 0 Å². The van der Waals surface area contributed by atoms with Crippen molar-refractivity contribution in [1.82, 2.24) is 9.97 Å². The van der Waals surface area contributed by atoms with Crippen molar-refractivity contribution < 1.29 is 9.50 Å². The fourth-order valence-electron chi connectivity index (χ4n) is 0.966. The van der Waals surface area contributed by atoms with Gasteiger partial charge < -0.3 is 5.11 Å². The summed E-state index contributed by atoms with van der Waals surface area (Å²) in [5.41, 5.74) is -0.692. The standard InChI is InChI=1S/C9H12FN2O/c1-3-9(13,6-10)8-5-11-4-7(2)12-8/h3-5,13H,6H2,1-2H3. The average molecular weight is 183 g/mol. The lowest BCUT2D eigenvalue weighted by molar-refractivity contribution is 0.0391. The Morgan fingerprint density at radius 3 is 2.77 bits per heavy atom. The third-order valence-corrected chi connectivity index (χ3v) is 1.88. The fourth-order valence-corrected chi connectivity index (χ4v) is 0.966. The van der Waals surface area contributed by atoms with Gasteiger partial charge in [-0.2, -0.15) is 0 Å². The van der Waals surface area contributed by atoms with E-state index < -0.39 is 12.3 Å². The van der Waals surface area contributed by atoms with Gasteiger partial charge in [0.15, 0.2) is 0 Å². The Bertz CT molecular complexity index is 287. The zero-order valence-electron chi connectivity index (χ0n) is 7.66. The predicted octanol–water partition coefficient (Wildman–Crippen LogP) is 1.17. The predicted molar refractivity (Wildman–Crippen MR) is 46.6 cm³/mol. The summed E-state index contributed by atoms with van der Waals surface area (Å²) in [6.07, 6.45) is 4.29. The third kappa shape index (κ3) is 2.01. The Morgan fingerprint density at radius 2 is 2.31 bits per heavy atom. The molecule has 0 saturated heterocycles. The van der Waals surface area contributed by atoms with E-state index in [1.54, 1.807) is 20.0 Å². The third-order valence-electron chi connectivity index (χ3n) is 1.88.